The number of aliphatic hydroxyl groups is 1. The Morgan fingerprint density at radius 2 is 2.30 bits per heavy atom. The second kappa shape index (κ2) is 6.56. The molecule has 1 unspecified atom stereocenters. The van der Waals surface area contributed by atoms with Crippen LogP contribution < -0.4 is 10.6 Å². The van der Waals surface area contributed by atoms with Gasteiger partial charge in [0.15, 0.2) is 0 Å². The lowest BCUT2D eigenvalue weighted by Gasteiger charge is -2.19. The first-order valence-corrected chi connectivity index (χ1v) is 6.56. The lowest BCUT2D eigenvalue weighted by molar-refractivity contribution is -0.149. The Kier molecular flexibility index (Phi) is 5.56. The molecule has 1 saturated carbocycles. The van der Waals surface area contributed by atoms with Crippen LogP contribution in [-0.2, 0) is 14.3 Å². The Morgan fingerprint density at radius 1 is 1.60 bits per heavy atom. The number of hydrogen-bond donors (Lipinski definition) is 3. The van der Waals surface area contributed by atoms with Crippen LogP contribution in [0, 0.1) is 5.92 Å². The molecule has 0 spiro atoms. The third kappa shape index (κ3) is 3.13. The molecule has 1 aliphatic carbocycles. The molecule has 0 radical (unpaired) electrons. The number of rotatable bonds is 5. The van der Waals surface area contributed by atoms with Crippen molar-refractivity contribution < 1.29 is 19.4 Å². The van der Waals surface area contributed by atoms with Gasteiger partial charge in [0.2, 0.25) is 5.91 Å². The third-order valence-corrected chi connectivity index (χ3v) is 3.71. The second-order valence-corrected chi connectivity index (χ2v) is 5.08. The molecule has 1 amide bonds. The summed E-state index contributed by atoms with van der Waals surface area (Å²) in [6, 6.07) is -0.452. The van der Waals surface area contributed by atoms with Gasteiger partial charge in [-0.3, -0.25) is 4.79 Å². The zero-order chi connectivity index (χ0) is 14.0. The van der Waals surface area contributed by atoms with E-state index in [0.717, 1.165) is 0 Å². The number of carbonyl (C=O) groups is 2. The lowest BCUT2D eigenvalue weighted by atomic mass is 10.1. The standard InChI is InChI=1S/C13H20N2O4.ClH/c1-3-8-6-13(8,12(18)19-4-2)15-11(17)10-5-9(16)7-14-10;/h3,8-10,14,16H,1,4-7H2,2H3,(H,15,17);1H/t8?,9-,10+,13-;/m1./s1. The molecular weight excluding hydrogens is 284 g/mol. The molecule has 0 bridgehead atoms. The van der Waals surface area contributed by atoms with Gasteiger partial charge in [0.05, 0.1) is 18.8 Å². The van der Waals surface area contributed by atoms with Gasteiger partial charge in [0.1, 0.15) is 5.54 Å². The molecule has 7 heteroatoms. The van der Waals surface area contributed by atoms with Crippen LogP contribution in [0.3, 0.4) is 0 Å². The monoisotopic (exact) mass is 304 g/mol. The van der Waals surface area contributed by atoms with Gasteiger partial charge < -0.3 is 20.5 Å². The molecule has 2 fully saturated rings. The van der Waals surface area contributed by atoms with E-state index in [2.05, 4.69) is 17.2 Å². The van der Waals surface area contributed by atoms with E-state index in [-0.39, 0.29) is 30.8 Å². The van der Waals surface area contributed by atoms with E-state index in [9.17, 15) is 14.7 Å². The number of amides is 1. The summed E-state index contributed by atoms with van der Waals surface area (Å²) in [6.07, 6.45) is 2.04. The molecule has 1 saturated heterocycles. The fraction of sp³-hybridized carbons (Fsp3) is 0.692. The van der Waals surface area contributed by atoms with Crippen molar-refractivity contribution in [2.45, 2.75) is 37.5 Å². The Balaban J connectivity index is 0.00000200. The van der Waals surface area contributed by atoms with Crippen molar-refractivity contribution in [1.82, 2.24) is 10.6 Å². The van der Waals surface area contributed by atoms with E-state index in [1.165, 1.54) is 0 Å². The Hall–Kier alpha value is -1.11. The lowest BCUT2D eigenvalue weighted by Crippen LogP contribution is -2.51. The van der Waals surface area contributed by atoms with E-state index < -0.39 is 23.7 Å². The van der Waals surface area contributed by atoms with Crippen LogP contribution in [0.2, 0.25) is 0 Å². The average Bonchev–Trinajstić information content (AvgIpc) is 2.92. The van der Waals surface area contributed by atoms with Crippen molar-refractivity contribution in [1.29, 1.82) is 0 Å². The van der Waals surface area contributed by atoms with Gasteiger partial charge in [-0.05, 0) is 19.8 Å². The van der Waals surface area contributed by atoms with E-state index in [1.807, 2.05) is 0 Å². The maximum absolute atomic E-state index is 12.1. The van der Waals surface area contributed by atoms with Crippen molar-refractivity contribution >= 4 is 24.3 Å². The van der Waals surface area contributed by atoms with Crippen LogP contribution in [0.25, 0.3) is 0 Å². The van der Waals surface area contributed by atoms with E-state index in [4.69, 9.17) is 4.74 Å². The van der Waals surface area contributed by atoms with Gasteiger partial charge in [-0.25, -0.2) is 4.79 Å². The summed E-state index contributed by atoms with van der Waals surface area (Å²) in [7, 11) is 0. The van der Waals surface area contributed by atoms with Crippen molar-refractivity contribution in [2.24, 2.45) is 5.92 Å². The average molecular weight is 305 g/mol. The number of carbonyl (C=O) groups excluding carboxylic acids is 2. The summed E-state index contributed by atoms with van der Waals surface area (Å²) in [5, 5.41) is 15.1. The van der Waals surface area contributed by atoms with Crippen LogP contribution in [0.15, 0.2) is 12.7 Å². The number of halogens is 1. The molecule has 6 nitrogen and oxygen atoms in total. The highest BCUT2D eigenvalue weighted by molar-refractivity contribution is 5.93. The molecule has 4 atom stereocenters. The first-order chi connectivity index (χ1) is 9.03. The first kappa shape index (κ1) is 16.9. The number of esters is 1. The predicted molar refractivity (Wildman–Crippen MR) is 75.5 cm³/mol. The number of ether oxygens (including phenoxy) is 1. The van der Waals surface area contributed by atoms with Crippen LogP contribution in [0.1, 0.15) is 19.8 Å². The van der Waals surface area contributed by atoms with E-state index in [0.29, 0.717) is 19.4 Å². The molecule has 114 valence electrons. The van der Waals surface area contributed by atoms with Gasteiger partial charge in [-0.1, -0.05) is 6.08 Å². The highest BCUT2D eigenvalue weighted by atomic mass is 35.5. The molecule has 1 aliphatic heterocycles. The molecule has 0 aromatic carbocycles. The maximum Gasteiger partial charge on any atom is 0.332 e. The van der Waals surface area contributed by atoms with Gasteiger partial charge in [-0.2, -0.15) is 0 Å². The maximum atomic E-state index is 12.1. The largest absolute Gasteiger partial charge is 0.464 e. The summed E-state index contributed by atoms with van der Waals surface area (Å²) in [4.78, 5) is 24.0. The number of aliphatic hydroxyl groups excluding tert-OH is 1. The normalized spacial score (nSPS) is 34.8. The molecule has 2 aliphatic rings. The predicted octanol–water partition coefficient (Wildman–Crippen LogP) is -0.245. The third-order valence-electron chi connectivity index (χ3n) is 3.71. The molecule has 2 rings (SSSR count). The Morgan fingerprint density at radius 3 is 2.75 bits per heavy atom. The first-order valence-electron chi connectivity index (χ1n) is 6.56. The quantitative estimate of drug-likeness (QED) is 0.482. The van der Waals surface area contributed by atoms with Crippen LogP contribution in [-0.4, -0.2) is 47.8 Å². The Labute approximate surface area is 124 Å². The fourth-order valence-corrected chi connectivity index (χ4v) is 2.49. The highest BCUT2D eigenvalue weighted by Gasteiger charge is 2.61. The number of hydrogen-bond acceptors (Lipinski definition) is 5. The topological polar surface area (TPSA) is 87.7 Å². The fourth-order valence-electron chi connectivity index (χ4n) is 2.49. The molecular formula is C13H21ClN2O4. The summed E-state index contributed by atoms with van der Waals surface area (Å²) >= 11 is 0. The highest BCUT2D eigenvalue weighted by Crippen LogP contribution is 2.45. The zero-order valence-corrected chi connectivity index (χ0v) is 12.2. The molecule has 20 heavy (non-hydrogen) atoms. The zero-order valence-electron chi connectivity index (χ0n) is 11.4. The van der Waals surface area contributed by atoms with Crippen LogP contribution in [0.5, 0.6) is 0 Å². The molecule has 0 aromatic heterocycles. The van der Waals surface area contributed by atoms with Gasteiger partial charge in [0.25, 0.3) is 0 Å². The second-order valence-electron chi connectivity index (χ2n) is 5.08. The SMILES string of the molecule is C=CC1C[C@]1(NC(=O)[C@@H]1C[C@@H](O)CN1)C(=O)OCC.Cl. The van der Waals surface area contributed by atoms with Crippen molar-refractivity contribution in [3.8, 4) is 0 Å². The van der Waals surface area contributed by atoms with Crippen LogP contribution in [0.4, 0.5) is 0 Å². The van der Waals surface area contributed by atoms with Crippen molar-refractivity contribution in [3.63, 3.8) is 0 Å². The molecule has 3 N–H and O–H groups in total. The van der Waals surface area contributed by atoms with Gasteiger partial charge in [0, 0.05) is 12.5 Å². The number of nitrogens with one attached hydrogen (secondary N) is 2. The smallest absolute Gasteiger partial charge is 0.332 e. The number of β-amino-alcohol motifs (C(OH)–C–C–N with tert-alkyl or cyclic N) is 1. The minimum absolute atomic E-state index is 0. The van der Waals surface area contributed by atoms with Crippen molar-refractivity contribution in [2.75, 3.05) is 13.2 Å². The molecule has 1 heterocycles. The summed E-state index contributed by atoms with van der Waals surface area (Å²) < 4.78 is 5.01. The van der Waals surface area contributed by atoms with E-state index >= 15 is 0 Å². The van der Waals surface area contributed by atoms with E-state index in [1.54, 1.807) is 13.0 Å². The van der Waals surface area contributed by atoms with Gasteiger partial charge in [-0.15, -0.1) is 19.0 Å². The minimum atomic E-state index is -0.954. The summed E-state index contributed by atoms with van der Waals surface area (Å²) in [5.74, 6) is -0.762. The van der Waals surface area contributed by atoms with Crippen molar-refractivity contribution in [3.05, 3.63) is 12.7 Å². The minimum Gasteiger partial charge on any atom is -0.464 e. The Bertz CT molecular complexity index is 404. The summed E-state index contributed by atoms with van der Waals surface area (Å²) in [6.45, 7) is 6.07. The summed E-state index contributed by atoms with van der Waals surface area (Å²) in [5.41, 5.74) is -0.954. The van der Waals surface area contributed by atoms with Crippen LogP contribution >= 0.6 is 12.4 Å². The van der Waals surface area contributed by atoms with Gasteiger partial charge >= 0.3 is 5.97 Å². The molecule has 0 aromatic rings.